The Morgan fingerprint density at radius 1 is 1.53 bits per heavy atom. The molecule has 2 rings (SSSR count). The van der Waals surface area contributed by atoms with Gasteiger partial charge in [-0.05, 0) is 24.6 Å². The van der Waals surface area contributed by atoms with Crippen molar-refractivity contribution in [1.29, 1.82) is 0 Å². The zero-order valence-corrected chi connectivity index (χ0v) is 11.8. The Morgan fingerprint density at radius 2 is 2.29 bits per heavy atom. The lowest BCUT2D eigenvalue weighted by atomic mass is 10.1. The summed E-state index contributed by atoms with van der Waals surface area (Å²) in [4.78, 5) is 2.36. The number of rotatable bonds is 2. The van der Waals surface area contributed by atoms with Crippen molar-refractivity contribution in [2.45, 2.75) is 25.2 Å². The van der Waals surface area contributed by atoms with E-state index in [1.54, 1.807) is 6.92 Å². The molecule has 0 spiro atoms. The van der Waals surface area contributed by atoms with Crippen molar-refractivity contribution < 1.29 is 5.11 Å². The number of anilines is 1. The molecule has 1 fully saturated rings. The first-order valence-electron chi connectivity index (χ1n) is 5.92. The molecule has 0 bridgehead atoms. The highest BCUT2D eigenvalue weighted by Gasteiger charge is 2.18. The second-order valence-electron chi connectivity index (χ2n) is 4.51. The second kappa shape index (κ2) is 5.51. The molecule has 1 aliphatic rings. The molecule has 1 heterocycles. The molecule has 0 aromatic heterocycles. The fourth-order valence-electron chi connectivity index (χ4n) is 2.10. The lowest BCUT2D eigenvalue weighted by Crippen LogP contribution is -2.36. The molecule has 0 radical (unpaired) electrons. The van der Waals surface area contributed by atoms with Gasteiger partial charge in [0.25, 0.3) is 0 Å². The fourth-order valence-corrected chi connectivity index (χ4v) is 3.45. The van der Waals surface area contributed by atoms with Gasteiger partial charge in [0.15, 0.2) is 0 Å². The van der Waals surface area contributed by atoms with E-state index in [9.17, 15) is 5.11 Å². The maximum atomic E-state index is 9.55. The smallest absolute Gasteiger partial charge is 0.0776 e. The van der Waals surface area contributed by atoms with Gasteiger partial charge in [-0.25, -0.2) is 0 Å². The summed E-state index contributed by atoms with van der Waals surface area (Å²) >= 11 is 8.20. The van der Waals surface area contributed by atoms with Gasteiger partial charge in [-0.1, -0.05) is 24.6 Å². The zero-order chi connectivity index (χ0) is 12.4. The monoisotopic (exact) mass is 271 g/mol. The molecule has 1 N–H and O–H groups in total. The number of thioether (sulfide) groups is 1. The molecule has 2 unspecified atom stereocenters. The minimum atomic E-state index is -0.507. The second-order valence-corrected chi connectivity index (χ2v) is 6.46. The van der Waals surface area contributed by atoms with Gasteiger partial charge in [-0.3, -0.25) is 0 Å². The van der Waals surface area contributed by atoms with Crippen LogP contribution in [-0.4, -0.2) is 29.2 Å². The van der Waals surface area contributed by atoms with Gasteiger partial charge in [0, 0.05) is 34.8 Å². The normalized spacial score (nSPS) is 22.6. The number of aliphatic hydroxyl groups is 1. The van der Waals surface area contributed by atoms with Crippen LogP contribution in [0.4, 0.5) is 5.69 Å². The molecular formula is C13H18ClNOS. The summed E-state index contributed by atoms with van der Waals surface area (Å²) < 4.78 is 0. The van der Waals surface area contributed by atoms with E-state index in [0.29, 0.717) is 10.3 Å². The number of hydrogen-bond acceptors (Lipinski definition) is 3. The first-order valence-corrected chi connectivity index (χ1v) is 7.34. The van der Waals surface area contributed by atoms with Crippen molar-refractivity contribution in [3.63, 3.8) is 0 Å². The van der Waals surface area contributed by atoms with Crippen LogP contribution in [0.3, 0.4) is 0 Å². The summed E-state index contributed by atoms with van der Waals surface area (Å²) in [7, 11) is 0. The maximum absolute atomic E-state index is 9.55. The molecule has 94 valence electrons. The van der Waals surface area contributed by atoms with Crippen molar-refractivity contribution in [1.82, 2.24) is 0 Å². The Hall–Kier alpha value is -0.380. The van der Waals surface area contributed by atoms with Crippen LogP contribution in [0.5, 0.6) is 0 Å². The average molecular weight is 272 g/mol. The average Bonchev–Trinajstić information content (AvgIpc) is 2.28. The lowest BCUT2D eigenvalue weighted by Gasteiger charge is -2.32. The molecule has 0 amide bonds. The standard InChI is InChI=1S/C13H18ClNOS/c1-9-8-15(5-6-17-9)11-3-4-12(10(2)16)13(14)7-11/h3-4,7,9-10,16H,5-6,8H2,1-2H3. The third-order valence-electron chi connectivity index (χ3n) is 3.04. The predicted octanol–water partition coefficient (Wildman–Crippen LogP) is 3.34. The summed E-state index contributed by atoms with van der Waals surface area (Å²) in [5.74, 6) is 1.16. The van der Waals surface area contributed by atoms with Gasteiger partial charge in [0.05, 0.1) is 6.10 Å². The van der Waals surface area contributed by atoms with Gasteiger partial charge >= 0.3 is 0 Å². The quantitative estimate of drug-likeness (QED) is 0.893. The first kappa shape index (κ1) is 13.1. The Morgan fingerprint density at radius 3 is 2.88 bits per heavy atom. The summed E-state index contributed by atoms with van der Waals surface area (Å²) in [6.45, 7) is 6.12. The van der Waals surface area contributed by atoms with Gasteiger partial charge < -0.3 is 10.0 Å². The van der Waals surface area contributed by atoms with Crippen molar-refractivity contribution in [3.8, 4) is 0 Å². The van der Waals surface area contributed by atoms with E-state index in [2.05, 4.69) is 17.9 Å². The summed E-state index contributed by atoms with van der Waals surface area (Å²) in [6.07, 6.45) is -0.507. The Kier molecular flexibility index (Phi) is 4.23. The van der Waals surface area contributed by atoms with E-state index in [-0.39, 0.29) is 0 Å². The molecule has 2 atom stereocenters. The van der Waals surface area contributed by atoms with Crippen LogP contribution in [0.15, 0.2) is 18.2 Å². The Balaban J connectivity index is 2.19. The third-order valence-corrected chi connectivity index (χ3v) is 4.50. The zero-order valence-electron chi connectivity index (χ0n) is 10.2. The maximum Gasteiger partial charge on any atom is 0.0776 e. The van der Waals surface area contributed by atoms with Crippen LogP contribution in [0.25, 0.3) is 0 Å². The van der Waals surface area contributed by atoms with Crippen LogP contribution in [0, 0.1) is 0 Å². The van der Waals surface area contributed by atoms with Crippen LogP contribution < -0.4 is 4.90 Å². The summed E-state index contributed by atoms with van der Waals surface area (Å²) in [5, 5.41) is 10.9. The van der Waals surface area contributed by atoms with E-state index < -0.39 is 6.10 Å². The van der Waals surface area contributed by atoms with Crippen LogP contribution in [0.2, 0.25) is 5.02 Å². The molecule has 1 aliphatic heterocycles. The molecule has 1 aromatic carbocycles. The highest BCUT2D eigenvalue weighted by atomic mass is 35.5. The minimum Gasteiger partial charge on any atom is -0.389 e. The topological polar surface area (TPSA) is 23.5 Å². The molecule has 1 saturated heterocycles. The third kappa shape index (κ3) is 3.09. The van der Waals surface area contributed by atoms with Crippen LogP contribution >= 0.6 is 23.4 Å². The van der Waals surface area contributed by atoms with Crippen molar-refractivity contribution in [3.05, 3.63) is 28.8 Å². The molecular weight excluding hydrogens is 254 g/mol. The van der Waals surface area contributed by atoms with Gasteiger partial charge in [-0.15, -0.1) is 0 Å². The SMILES string of the molecule is CC1CN(c2ccc(C(C)O)c(Cl)c2)CCS1. The van der Waals surface area contributed by atoms with E-state index in [1.807, 2.05) is 23.9 Å². The number of hydrogen-bond donors (Lipinski definition) is 1. The van der Waals surface area contributed by atoms with E-state index >= 15 is 0 Å². The molecule has 17 heavy (non-hydrogen) atoms. The number of aliphatic hydroxyl groups excluding tert-OH is 1. The molecule has 2 nitrogen and oxygen atoms in total. The highest BCUT2D eigenvalue weighted by molar-refractivity contribution is 8.00. The minimum absolute atomic E-state index is 0.507. The lowest BCUT2D eigenvalue weighted by molar-refractivity contribution is 0.199. The number of nitrogens with zero attached hydrogens (tertiary/aromatic N) is 1. The molecule has 1 aromatic rings. The number of benzene rings is 1. The van der Waals surface area contributed by atoms with Gasteiger partial charge in [0.2, 0.25) is 0 Å². The van der Waals surface area contributed by atoms with Crippen LogP contribution in [0.1, 0.15) is 25.5 Å². The van der Waals surface area contributed by atoms with Crippen molar-refractivity contribution in [2.75, 3.05) is 23.7 Å². The molecule has 0 aliphatic carbocycles. The number of halogens is 1. The fraction of sp³-hybridized carbons (Fsp3) is 0.538. The largest absolute Gasteiger partial charge is 0.389 e. The van der Waals surface area contributed by atoms with Gasteiger partial charge in [-0.2, -0.15) is 11.8 Å². The first-order chi connectivity index (χ1) is 8.08. The highest BCUT2D eigenvalue weighted by Crippen LogP contribution is 2.30. The Bertz CT molecular complexity index is 397. The molecule has 4 heteroatoms. The van der Waals surface area contributed by atoms with Gasteiger partial charge in [0.1, 0.15) is 0 Å². The summed E-state index contributed by atoms with van der Waals surface area (Å²) in [6, 6.07) is 5.94. The predicted molar refractivity (Wildman–Crippen MR) is 76.2 cm³/mol. The Labute approximate surface area is 112 Å². The van der Waals surface area contributed by atoms with Crippen molar-refractivity contribution in [2.24, 2.45) is 0 Å². The summed E-state index contributed by atoms with van der Waals surface area (Å²) in [5.41, 5.74) is 1.96. The van der Waals surface area contributed by atoms with E-state index in [4.69, 9.17) is 11.6 Å². The van der Waals surface area contributed by atoms with E-state index in [1.165, 1.54) is 0 Å². The molecule has 0 saturated carbocycles. The van der Waals surface area contributed by atoms with Crippen molar-refractivity contribution >= 4 is 29.1 Å². The van der Waals surface area contributed by atoms with E-state index in [0.717, 1.165) is 30.1 Å². The van der Waals surface area contributed by atoms with Crippen LogP contribution in [-0.2, 0) is 0 Å².